The summed E-state index contributed by atoms with van der Waals surface area (Å²) in [5.74, 6) is -1.84. The van der Waals surface area contributed by atoms with Crippen molar-refractivity contribution < 1.29 is 13.3 Å². The van der Waals surface area contributed by atoms with Gasteiger partial charge in [0.25, 0.3) is 0 Å². The third-order valence-corrected chi connectivity index (χ3v) is 2.96. The van der Waals surface area contributed by atoms with Crippen LogP contribution in [-0.2, 0) is 6.54 Å². The lowest BCUT2D eigenvalue weighted by Crippen LogP contribution is -2.02. The first-order chi connectivity index (χ1) is 8.66. The molecule has 1 aromatic carbocycles. The van der Waals surface area contributed by atoms with E-state index in [-0.39, 0.29) is 12.1 Å². The Bertz CT molecular complexity index is 761. The van der Waals surface area contributed by atoms with Gasteiger partial charge in [-0.05, 0) is 24.4 Å². The van der Waals surface area contributed by atoms with E-state index in [0.717, 1.165) is 6.07 Å². The molecule has 0 aliphatic heterocycles. The number of rotatable bonds is 2. The molecule has 2 aromatic heterocycles. The van der Waals surface area contributed by atoms with Gasteiger partial charge in [-0.25, -0.2) is 8.78 Å². The number of halogens is 2. The first kappa shape index (κ1) is 11.1. The molecule has 0 bridgehead atoms. The quantitative estimate of drug-likeness (QED) is 0.726. The number of hydrogen-bond acceptors (Lipinski definition) is 3. The van der Waals surface area contributed by atoms with Crippen molar-refractivity contribution in [1.82, 2.24) is 14.7 Å². The molecule has 3 aromatic rings. The molecule has 7 heteroatoms. The Hall–Kier alpha value is -2.02. The Kier molecular flexibility index (Phi) is 2.48. The minimum Gasteiger partial charge on any atom is -0.364 e. The highest BCUT2D eigenvalue weighted by Crippen LogP contribution is 2.21. The molecular weight excluding hydrogens is 260 g/mol. The monoisotopic (exact) mass is 267 g/mol. The van der Waals surface area contributed by atoms with Gasteiger partial charge < -0.3 is 14.1 Å². The van der Waals surface area contributed by atoms with Crippen molar-refractivity contribution in [2.75, 3.05) is 0 Å². The van der Waals surface area contributed by atoms with Gasteiger partial charge in [0.15, 0.2) is 16.4 Å². The molecule has 0 saturated heterocycles. The van der Waals surface area contributed by atoms with E-state index in [1.165, 1.54) is 16.9 Å². The fourth-order valence-corrected chi connectivity index (χ4v) is 2.09. The Morgan fingerprint density at radius 3 is 2.89 bits per heavy atom. The molecule has 0 spiro atoms. The summed E-state index contributed by atoms with van der Waals surface area (Å²) in [6.45, 7) is 0.218. The fraction of sp³-hybridized carbons (Fsp3) is 0.0909. The molecule has 3 rings (SSSR count). The van der Waals surface area contributed by atoms with Crippen LogP contribution in [0.3, 0.4) is 0 Å². The molecule has 2 heterocycles. The van der Waals surface area contributed by atoms with Gasteiger partial charge in [-0.2, -0.15) is 0 Å². The summed E-state index contributed by atoms with van der Waals surface area (Å²) < 4.78 is 33.5. The van der Waals surface area contributed by atoms with Gasteiger partial charge in [0.1, 0.15) is 17.5 Å². The summed E-state index contributed by atoms with van der Waals surface area (Å²) in [6.07, 6.45) is 1.41. The molecule has 0 saturated carbocycles. The Labute approximate surface area is 105 Å². The van der Waals surface area contributed by atoms with E-state index in [4.69, 9.17) is 16.7 Å². The lowest BCUT2D eigenvalue weighted by molar-refractivity contribution is 0.409. The zero-order valence-corrected chi connectivity index (χ0v) is 9.80. The second-order valence-electron chi connectivity index (χ2n) is 3.76. The largest absolute Gasteiger partial charge is 0.364 e. The summed E-state index contributed by atoms with van der Waals surface area (Å²) in [6, 6.07) is 4.14. The van der Waals surface area contributed by atoms with Crippen LogP contribution in [0.1, 0.15) is 5.69 Å². The van der Waals surface area contributed by atoms with E-state index in [9.17, 15) is 8.78 Å². The molecule has 0 aliphatic carbocycles. The summed E-state index contributed by atoms with van der Waals surface area (Å²) in [5.41, 5.74) is 1.13. The average Bonchev–Trinajstić information content (AvgIpc) is 2.94. The lowest BCUT2D eigenvalue weighted by atomic mass is 10.3. The Morgan fingerprint density at radius 2 is 2.17 bits per heavy atom. The summed E-state index contributed by atoms with van der Waals surface area (Å²) in [5, 5.41) is 3.72. The van der Waals surface area contributed by atoms with Crippen molar-refractivity contribution in [2.24, 2.45) is 0 Å². The topological polar surface area (TPSA) is 46.8 Å². The molecule has 0 radical (unpaired) electrons. The minimum absolute atomic E-state index is 0.100. The first-order valence-corrected chi connectivity index (χ1v) is 5.53. The lowest BCUT2D eigenvalue weighted by Gasteiger charge is -2.02. The van der Waals surface area contributed by atoms with Crippen LogP contribution in [0, 0.1) is 16.4 Å². The van der Waals surface area contributed by atoms with Crippen LogP contribution in [0.15, 0.2) is 29.0 Å². The highest BCUT2D eigenvalue weighted by atomic mass is 32.1. The highest BCUT2D eigenvalue weighted by molar-refractivity contribution is 7.71. The van der Waals surface area contributed by atoms with Gasteiger partial charge in [-0.3, -0.25) is 0 Å². The van der Waals surface area contributed by atoms with E-state index in [2.05, 4.69) is 10.1 Å². The van der Waals surface area contributed by atoms with Crippen LogP contribution in [0.25, 0.3) is 11.0 Å². The maximum absolute atomic E-state index is 13.8. The third-order valence-electron chi connectivity index (χ3n) is 2.64. The van der Waals surface area contributed by atoms with E-state index >= 15 is 0 Å². The van der Waals surface area contributed by atoms with Gasteiger partial charge in [-0.15, -0.1) is 0 Å². The van der Waals surface area contributed by atoms with Gasteiger partial charge in [-0.1, -0.05) is 5.16 Å². The van der Waals surface area contributed by atoms with E-state index in [0.29, 0.717) is 16.0 Å². The van der Waals surface area contributed by atoms with Crippen LogP contribution in [0.4, 0.5) is 8.78 Å². The standard InChI is InChI=1S/C11H7F2N3OS/c12-7-1-2-8-10(9(7)13)16(11(18)14-8)5-6-3-4-17-15-6/h1-4H,5H2,(H,14,18). The number of nitrogens with zero attached hydrogens (tertiary/aromatic N) is 2. The summed E-state index contributed by atoms with van der Waals surface area (Å²) in [4.78, 5) is 2.82. The molecule has 18 heavy (non-hydrogen) atoms. The van der Waals surface area contributed by atoms with Gasteiger partial charge in [0.05, 0.1) is 12.1 Å². The molecule has 4 nitrogen and oxygen atoms in total. The maximum atomic E-state index is 13.8. The first-order valence-electron chi connectivity index (χ1n) is 5.12. The predicted octanol–water partition coefficient (Wildman–Crippen LogP) is 3.01. The zero-order valence-electron chi connectivity index (χ0n) is 8.98. The molecule has 1 N–H and O–H groups in total. The number of aromatic amines is 1. The van der Waals surface area contributed by atoms with Crippen LogP contribution in [-0.4, -0.2) is 14.7 Å². The number of imidazole rings is 1. The van der Waals surface area contributed by atoms with Crippen molar-refractivity contribution in [1.29, 1.82) is 0 Å². The maximum Gasteiger partial charge on any atom is 0.184 e. The smallest absolute Gasteiger partial charge is 0.184 e. The third kappa shape index (κ3) is 1.63. The number of hydrogen-bond donors (Lipinski definition) is 1. The molecule has 0 aliphatic rings. The van der Waals surface area contributed by atoms with Crippen LogP contribution in [0.5, 0.6) is 0 Å². The van der Waals surface area contributed by atoms with Crippen molar-refractivity contribution in [3.63, 3.8) is 0 Å². The Balaban J connectivity index is 2.24. The van der Waals surface area contributed by atoms with Crippen LogP contribution in [0.2, 0.25) is 0 Å². The second kappa shape index (κ2) is 4.02. The predicted molar refractivity (Wildman–Crippen MR) is 62.6 cm³/mol. The SMILES string of the molecule is Fc1ccc2[nH]c(=S)n(Cc3ccon3)c2c1F. The van der Waals surface area contributed by atoms with E-state index in [1.54, 1.807) is 6.07 Å². The molecule has 0 atom stereocenters. The van der Waals surface area contributed by atoms with Crippen molar-refractivity contribution in [3.8, 4) is 0 Å². The summed E-state index contributed by atoms with van der Waals surface area (Å²) >= 11 is 5.09. The van der Waals surface area contributed by atoms with Gasteiger partial charge in [0, 0.05) is 6.07 Å². The van der Waals surface area contributed by atoms with Crippen molar-refractivity contribution in [2.45, 2.75) is 6.54 Å². The Morgan fingerprint density at radius 1 is 1.33 bits per heavy atom. The van der Waals surface area contributed by atoms with Crippen molar-refractivity contribution in [3.05, 3.63) is 46.6 Å². The molecule has 0 fully saturated rings. The van der Waals surface area contributed by atoms with Gasteiger partial charge >= 0.3 is 0 Å². The normalized spacial score (nSPS) is 11.2. The van der Waals surface area contributed by atoms with Crippen molar-refractivity contribution >= 4 is 23.3 Å². The summed E-state index contributed by atoms with van der Waals surface area (Å²) in [7, 11) is 0. The number of H-pyrrole nitrogens is 1. The van der Waals surface area contributed by atoms with Crippen LogP contribution < -0.4 is 0 Å². The van der Waals surface area contributed by atoms with E-state index in [1.807, 2.05) is 0 Å². The van der Waals surface area contributed by atoms with E-state index < -0.39 is 11.6 Å². The number of aromatic nitrogens is 3. The fourth-order valence-electron chi connectivity index (χ4n) is 1.82. The average molecular weight is 267 g/mol. The molecule has 0 unspecified atom stereocenters. The zero-order chi connectivity index (χ0) is 12.7. The number of fused-ring (bicyclic) bond motifs is 1. The van der Waals surface area contributed by atoms with Crippen LogP contribution >= 0.6 is 12.2 Å². The molecular formula is C11H7F2N3OS. The second-order valence-corrected chi connectivity index (χ2v) is 4.15. The molecule has 0 amide bonds. The van der Waals surface area contributed by atoms with Gasteiger partial charge in [0.2, 0.25) is 0 Å². The number of benzene rings is 1. The highest BCUT2D eigenvalue weighted by Gasteiger charge is 2.14. The molecule has 92 valence electrons. The minimum atomic E-state index is -0.927. The number of nitrogens with one attached hydrogen (secondary N) is 1.